The predicted octanol–water partition coefficient (Wildman–Crippen LogP) is 10.4. The summed E-state index contributed by atoms with van der Waals surface area (Å²) in [6.45, 7) is 9.67. The van der Waals surface area contributed by atoms with Crippen LogP contribution in [-0.4, -0.2) is 36.8 Å². The van der Waals surface area contributed by atoms with Gasteiger partial charge in [0.1, 0.15) is 0 Å². The van der Waals surface area contributed by atoms with E-state index < -0.39 is 36.8 Å². The average Bonchev–Trinajstić information content (AvgIpc) is 3.47. The van der Waals surface area contributed by atoms with Gasteiger partial charge in [-0.25, -0.2) is 0 Å². The Hall–Kier alpha value is 0.997. The van der Waals surface area contributed by atoms with E-state index in [1.54, 1.807) is 26.7 Å². The maximum absolute atomic E-state index is 2.78. The first-order chi connectivity index (χ1) is 16.4. The van der Waals surface area contributed by atoms with Crippen molar-refractivity contribution in [3.05, 3.63) is 23.3 Å². The second-order valence-electron chi connectivity index (χ2n) is 13.5. The average molecular weight is 728 g/mol. The van der Waals surface area contributed by atoms with E-state index in [4.69, 9.17) is 0 Å². The van der Waals surface area contributed by atoms with Crippen molar-refractivity contribution in [2.24, 2.45) is 11.8 Å². The minimum absolute atomic E-state index is 0.269. The molecule has 0 saturated carbocycles. The van der Waals surface area contributed by atoms with Gasteiger partial charge in [-0.2, -0.15) is 0 Å². The van der Waals surface area contributed by atoms with E-state index in [9.17, 15) is 0 Å². The first kappa shape index (κ1) is 30.5. The van der Waals surface area contributed by atoms with Crippen LogP contribution in [0.4, 0.5) is 0 Å². The third kappa shape index (κ3) is 6.77. The molecule has 0 saturated heterocycles. The Morgan fingerprint density at radius 2 is 1.03 bits per heavy atom. The molecule has 0 aromatic carbocycles. The van der Waals surface area contributed by atoms with Gasteiger partial charge in [0.25, 0.3) is 0 Å². The van der Waals surface area contributed by atoms with E-state index in [2.05, 4.69) is 92.1 Å². The Labute approximate surface area is 234 Å². The van der Waals surface area contributed by atoms with E-state index in [0.29, 0.717) is 0 Å². The van der Waals surface area contributed by atoms with Crippen LogP contribution in [0.5, 0.6) is 0 Å². The summed E-state index contributed by atoms with van der Waals surface area (Å²) in [7, 11) is 0. The summed E-state index contributed by atoms with van der Waals surface area (Å²) in [5.74, 6) is 1.70. The number of rotatable bonds is 14. The quantitative estimate of drug-likeness (QED) is 0.170. The fraction of sp³-hybridized carbons (Fsp3) is 0.742. The summed E-state index contributed by atoms with van der Waals surface area (Å²) >= 11 is 0.171. The van der Waals surface area contributed by atoms with Crippen LogP contribution in [0.1, 0.15) is 103 Å². The maximum atomic E-state index is 2.78. The first-order valence-electron chi connectivity index (χ1n) is 14.7. The fourth-order valence-corrected chi connectivity index (χ4v) is 19.2. The van der Waals surface area contributed by atoms with Crippen LogP contribution in [0, 0.1) is 11.8 Å². The van der Waals surface area contributed by atoms with E-state index in [-0.39, 0.29) is 5.41 Å². The molecule has 0 bridgehead atoms. The van der Waals surface area contributed by atoms with Gasteiger partial charge in [-0.1, -0.05) is 0 Å². The van der Waals surface area contributed by atoms with Crippen molar-refractivity contribution in [1.82, 2.24) is 0 Å². The molecule has 1 aliphatic rings. The van der Waals surface area contributed by atoms with Crippen LogP contribution in [0.2, 0.25) is 29.6 Å². The molecule has 0 nitrogen and oxygen atoms in total. The van der Waals surface area contributed by atoms with Crippen molar-refractivity contribution in [2.45, 2.75) is 127 Å². The third-order valence-corrected chi connectivity index (χ3v) is 29.8. The molecule has 198 valence electrons. The number of fused-ring (bicyclic) bond motifs is 3. The van der Waals surface area contributed by atoms with Gasteiger partial charge in [-0.15, -0.1) is 0 Å². The summed E-state index contributed by atoms with van der Waals surface area (Å²) in [5.41, 5.74) is 3.84. The zero-order valence-corrected chi connectivity index (χ0v) is 32.0. The molecule has 2 atom stereocenters. The summed E-state index contributed by atoms with van der Waals surface area (Å²) < 4.78 is 3.61. The van der Waals surface area contributed by atoms with Crippen LogP contribution >= 0.6 is 22.7 Å². The zero-order chi connectivity index (χ0) is 26.0. The van der Waals surface area contributed by atoms with E-state index >= 15 is 0 Å². The molecule has 0 radical (unpaired) electrons. The van der Waals surface area contributed by atoms with Gasteiger partial charge in [-0.3, -0.25) is 0 Å². The molecular formula is C31H54S2Sn2. The van der Waals surface area contributed by atoms with Crippen molar-refractivity contribution < 1.29 is 0 Å². The topological polar surface area (TPSA) is 0 Å². The predicted molar refractivity (Wildman–Crippen MR) is 170 cm³/mol. The van der Waals surface area contributed by atoms with Gasteiger partial charge in [0.15, 0.2) is 0 Å². The zero-order valence-electron chi connectivity index (χ0n) is 24.7. The SMILES string of the molecule is CCCC[C@@H](CC)CC1(C[C@H](CC)CCCC)c2c[c]([Sn]([CH3])([CH3])[CH3])sc2-c2s[c]([Sn]([CH3])([CH3])[CH3])cc21. The monoisotopic (exact) mass is 730 g/mol. The molecule has 0 aliphatic heterocycles. The van der Waals surface area contributed by atoms with E-state index in [1.165, 1.54) is 64.2 Å². The molecule has 4 heteroatoms. The Bertz CT molecular complexity index is 876. The second kappa shape index (κ2) is 12.5. The van der Waals surface area contributed by atoms with Gasteiger partial charge in [0.05, 0.1) is 0 Å². The van der Waals surface area contributed by atoms with Crippen molar-refractivity contribution in [1.29, 1.82) is 0 Å². The minimum atomic E-state index is -2.14. The second-order valence-corrected chi connectivity index (χ2v) is 46.5. The molecule has 1 aliphatic carbocycles. The Balaban J connectivity index is 2.23. The summed E-state index contributed by atoms with van der Waals surface area (Å²) in [5, 5.41) is 0. The van der Waals surface area contributed by atoms with Gasteiger partial charge in [0.2, 0.25) is 0 Å². The molecule has 2 aromatic rings. The molecule has 0 N–H and O–H groups in total. The van der Waals surface area contributed by atoms with Crippen LogP contribution in [0.25, 0.3) is 9.75 Å². The third-order valence-electron chi connectivity index (χ3n) is 8.54. The van der Waals surface area contributed by atoms with Gasteiger partial charge in [0, 0.05) is 0 Å². The van der Waals surface area contributed by atoms with E-state index in [1.807, 2.05) is 0 Å². The van der Waals surface area contributed by atoms with Crippen LogP contribution in [0.3, 0.4) is 0 Å². The van der Waals surface area contributed by atoms with Crippen molar-refractivity contribution in [2.75, 3.05) is 0 Å². The fourth-order valence-electron chi connectivity index (χ4n) is 6.11. The molecule has 2 heterocycles. The van der Waals surface area contributed by atoms with Gasteiger partial charge >= 0.3 is 237 Å². The van der Waals surface area contributed by atoms with Crippen LogP contribution in [0.15, 0.2) is 12.1 Å². The standard InChI is InChI=1S/C25H36S2.6CH3.2Sn/c1-5-9-11-19(7-3)17-25(18-20(8-4)12-10-6-2)21-13-15-26-23(21)24-22(25)14-16-27-24;;;;;;;;/h13-14,19-20H,5-12,17-18H2,1-4H3;6*1H3;;/t19-,20-;;;;;;;;/m1......../s1. The number of hydrogen-bond acceptors (Lipinski definition) is 2. The van der Waals surface area contributed by atoms with Crippen molar-refractivity contribution in [3.63, 3.8) is 0 Å². The summed E-state index contributed by atoms with van der Waals surface area (Å²) in [4.78, 5) is 19.1. The van der Waals surface area contributed by atoms with Crippen LogP contribution in [-0.2, 0) is 5.41 Å². The Morgan fingerprint density at radius 1 is 0.657 bits per heavy atom. The first-order valence-corrected chi connectivity index (χ1v) is 36.3. The summed E-state index contributed by atoms with van der Waals surface area (Å²) in [6.07, 6.45) is 13.7. The Kier molecular flexibility index (Phi) is 10.9. The van der Waals surface area contributed by atoms with Gasteiger partial charge < -0.3 is 0 Å². The normalized spacial score (nSPS) is 16.9. The van der Waals surface area contributed by atoms with Crippen molar-refractivity contribution >= 4 is 65.2 Å². The molecule has 3 rings (SSSR count). The molecule has 0 unspecified atom stereocenters. The Morgan fingerprint density at radius 3 is 1.31 bits per heavy atom. The van der Waals surface area contributed by atoms with Crippen molar-refractivity contribution in [3.8, 4) is 9.75 Å². The number of thiophene rings is 2. The van der Waals surface area contributed by atoms with Gasteiger partial charge in [-0.05, 0) is 0 Å². The van der Waals surface area contributed by atoms with Crippen LogP contribution < -0.4 is 5.79 Å². The van der Waals surface area contributed by atoms with E-state index in [0.717, 1.165) is 11.8 Å². The number of unbranched alkanes of at least 4 members (excludes halogenated alkanes) is 2. The molecule has 2 aromatic heterocycles. The molecule has 35 heavy (non-hydrogen) atoms. The number of hydrogen-bond donors (Lipinski definition) is 0. The molecular weight excluding hydrogens is 674 g/mol. The molecule has 0 fully saturated rings. The summed E-state index contributed by atoms with van der Waals surface area (Å²) in [6, 6.07) is 5.56. The molecule has 0 amide bonds. The molecule has 0 spiro atoms.